The Hall–Kier alpha value is -1.83. The number of aliphatic hydroxyl groups is 1. The van der Waals surface area contributed by atoms with Gasteiger partial charge in [-0.15, -0.1) is 0 Å². The number of carbonyl (C=O) groups excluding carboxylic acids is 1. The van der Waals surface area contributed by atoms with Crippen molar-refractivity contribution in [1.82, 2.24) is 4.90 Å². The number of carboxylic acids is 1. The van der Waals surface area contributed by atoms with Gasteiger partial charge in [-0.05, 0) is 18.2 Å². The highest BCUT2D eigenvalue weighted by atomic mass is 35.5. The van der Waals surface area contributed by atoms with E-state index in [0.717, 1.165) is 0 Å². The summed E-state index contributed by atoms with van der Waals surface area (Å²) in [5, 5.41) is 20.9. The van der Waals surface area contributed by atoms with E-state index < -0.39 is 18.0 Å². The number of amides is 2. The van der Waals surface area contributed by atoms with Crippen molar-refractivity contribution < 1.29 is 24.5 Å². The van der Waals surface area contributed by atoms with Gasteiger partial charge in [-0.1, -0.05) is 11.6 Å². The number of aromatic carboxylic acids is 1. The van der Waals surface area contributed by atoms with Gasteiger partial charge in [0, 0.05) is 12.2 Å². The Balaban J connectivity index is 2.12. The summed E-state index contributed by atoms with van der Waals surface area (Å²) in [6.07, 6.45) is 0. The zero-order valence-electron chi connectivity index (χ0n) is 11.1. The first-order valence-corrected chi connectivity index (χ1v) is 6.69. The third-order valence-corrected chi connectivity index (χ3v) is 3.48. The average Bonchev–Trinajstić information content (AvgIpc) is 2.48. The summed E-state index contributed by atoms with van der Waals surface area (Å²) >= 11 is 5.77. The van der Waals surface area contributed by atoms with Crippen LogP contribution in [0.4, 0.5) is 10.5 Å². The molecule has 7 nitrogen and oxygen atoms in total. The number of benzene rings is 1. The number of aliphatic hydroxyl groups excluding tert-OH is 1. The second kappa shape index (κ2) is 6.75. The van der Waals surface area contributed by atoms with Gasteiger partial charge in [0.15, 0.2) is 0 Å². The van der Waals surface area contributed by atoms with E-state index in [1.54, 1.807) is 0 Å². The van der Waals surface area contributed by atoms with E-state index in [1.807, 2.05) is 0 Å². The lowest BCUT2D eigenvalue weighted by Gasteiger charge is -2.34. The Bertz CT molecular complexity index is 551. The molecule has 21 heavy (non-hydrogen) atoms. The molecule has 8 heteroatoms. The van der Waals surface area contributed by atoms with E-state index in [0.29, 0.717) is 18.8 Å². The van der Waals surface area contributed by atoms with Crippen molar-refractivity contribution in [2.24, 2.45) is 0 Å². The Morgan fingerprint density at radius 2 is 2.24 bits per heavy atom. The molecule has 1 heterocycles. The number of nitrogens with one attached hydrogen (secondary N) is 1. The predicted molar refractivity (Wildman–Crippen MR) is 75.8 cm³/mol. The van der Waals surface area contributed by atoms with Crippen LogP contribution in [0, 0.1) is 0 Å². The summed E-state index contributed by atoms with van der Waals surface area (Å²) in [6, 6.07) is 3.38. The zero-order chi connectivity index (χ0) is 15.4. The number of morpholine rings is 1. The molecule has 1 atom stereocenters. The molecule has 1 fully saturated rings. The number of rotatable bonds is 3. The third kappa shape index (κ3) is 3.63. The summed E-state index contributed by atoms with van der Waals surface area (Å²) in [7, 11) is 0. The molecule has 1 aromatic rings. The fourth-order valence-corrected chi connectivity index (χ4v) is 2.23. The van der Waals surface area contributed by atoms with Gasteiger partial charge in [0.25, 0.3) is 0 Å². The maximum absolute atomic E-state index is 12.2. The maximum Gasteiger partial charge on any atom is 0.337 e. The van der Waals surface area contributed by atoms with Gasteiger partial charge in [-0.2, -0.15) is 0 Å². The topological polar surface area (TPSA) is 99.1 Å². The number of hydrogen-bond donors (Lipinski definition) is 3. The quantitative estimate of drug-likeness (QED) is 0.780. The Morgan fingerprint density at radius 1 is 1.48 bits per heavy atom. The molecule has 0 saturated carbocycles. The fourth-order valence-electron chi connectivity index (χ4n) is 2.04. The lowest BCUT2D eigenvalue weighted by Crippen LogP contribution is -2.52. The van der Waals surface area contributed by atoms with Crippen molar-refractivity contribution in [3.8, 4) is 0 Å². The Morgan fingerprint density at radius 3 is 2.90 bits per heavy atom. The van der Waals surface area contributed by atoms with Gasteiger partial charge in [0.1, 0.15) is 0 Å². The van der Waals surface area contributed by atoms with E-state index >= 15 is 0 Å². The molecule has 2 rings (SSSR count). The minimum absolute atomic E-state index is 0.0878. The normalized spacial score (nSPS) is 18.4. The van der Waals surface area contributed by atoms with Gasteiger partial charge in [-0.3, -0.25) is 0 Å². The molecule has 0 radical (unpaired) electrons. The first-order valence-electron chi connectivity index (χ1n) is 6.32. The number of carboxylic acid groups (broad SMARTS) is 1. The standard InChI is InChI=1S/C13H15ClN2O5/c14-11-2-1-8(5-10(11)12(18)19)15-13(20)16-3-4-21-7-9(16)6-17/h1-2,5,9,17H,3-4,6-7H2,(H,15,20)(H,18,19). The summed E-state index contributed by atoms with van der Waals surface area (Å²) < 4.78 is 5.19. The van der Waals surface area contributed by atoms with Crippen LogP contribution >= 0.6 is 11.6 Å². The highest BCUT2D eigenvalue weighted by Crippen LogP contribution is 2.21. The molecular formula is C13H15ClN2O5. The molecule has 1 saturated heterocycles. The van der Waals surface area contributed by atoms with Crippen LogP contribution in [-0.2, 0) is 4.74 Å². The summed E-state index contributed by atoms with van der Waals surface area (Å²) in [6.45, 7) is 0.820. The summed E-state index contributed by atoms with van der Waals surface area (Å²) in [5.74, 6) is -1.17. The van der Waals surface area contributed by atoms with Crippen LogP contribution in [0.5, 0.6) is 0 Å². The molecule has 2 amide bonds. The van der Waals surface area contributed by atoms with E-state index in [1.165, 1.54) is 23.1 Å². The molecule has 0 bridgehead atoms. The van der Waals surface area contributed by atoms with Gasteiger partial charge in [0.2, 0.25) is 0 Å². The first kappa shape index (κ1) is 15.6. The molecule has 1 unspecified atom stereocenters. The van der Waals surface area contributed by atoms with E-state index in [-0.39, 0.29) is 23.8 Å². The van der Waals surface area contributed by atoms with Crippen LogP contribution in [0.2, 0.25) is 5.02 Å². The number of urea groups is 1. The molecule has 1 aliphatic rings. The number of nitrogens with zero attached hydrogens (tertiary/aromatic N) is 1. The molecule has 0 aliphatic carbocycles. The second-order valence-corrected chi connectivity index (χ2v) is 4.94. The molecule has 114 valence electrons. The van der Waals surface area contributed by atoms with Crippen molar-refractivity contribution in [3.05, 3.63) is 28.8 Å². The molecule has 3 N–H and O–H groups in total. The molecule has 1 aliphatic heterocycles. The molecule has 0 aromatic heterocycles. The van der Waals surface area contributed by atoms with Crippen molar-refractivity contribution in [3.63, 3.8) is 0 Å². The van der Waals surface area contributed by atoms with E-state index in [9.17, 15) is 14.7 Å². The highest BCUT2D eigenvalue weighted by Gasteiger charge is 2.26. The van der Waals surface area contributed by atoms with Crippen LogP contribution in [0.25, 0.3) is 0 Å². The molecule has 0 spiro atoms. The SMILES string of the molecule is O=C(O)c1cc(NC(=O)N2CCOCC2CO)ccc1Cl. The molecular weight excluding hydrogens is 300 g/mol. The second-order valence-electron chi connectivity index (χ2n) is 4.53. The minimum Gasteiger partial charge on any atom is -0.478 e. The van der Waals surface area contributed by atoms with E-state index in [2.05, 4.69) is 5.32 Å². The number of hydrogen-bond acceptors (Lipinski definition) is 4. The average molecular weight is 315 g/mol. The number of ether oxygens (including phenoxy) is 1. The van der Waals surface area contributed by atoms with Crippen LogP contribution in [0.3, 0.4) is 0 Å². The first-order chi connectivity index (χ1) is 10.0. The van der Waals surface area contributed by atoms with Crippen molar-refractivity contribution in [2.75, 3.05) is 31.7 Å². The monoisotopic (exact) mass is 314 g/mol. The summed E-state index contributed by atoms with van der Waals surface area (Å²) in [4.78, 5) is 24.6. The minimum atomic E-state index is -1.17. The highest BCUT2D eigenvalue weighted by molar-refractivity contribution is 6.33. The smallest absolute Gasteiger partial charge is 0.337 e. The fraction of sp³-hybridized carbons (Fsp3) is 0.385. The van der Waals surface area contributed by atoms with Crippen molar-refractivity contribution in [2.45, 2.75) is 6.04 Å². The van der Waals surface area contributed by atoms with Crippen LogP contribution < -0.4 is 5.32 Å². The Labute approximate surface area is 126 Å². The zero-order valence-corrected chi connectivity index (χ0v) is 11.8. The number of halogens is 1. The third-order valence-electron chi connectivity index (χ3n) is 3.15. The van der Waals surface area contributed by atoms with E-state index in [4.69, 9.17) is 21.4 Å². The van der Waals surface area contributed by atoms with Gasteiger partial charge in [0.05, 0.1) is 36.4 Å². The number of carbonyl (C=O) groups is 2. The number of anilines is 1. The van der Waals surface area contributed by atoms with Crippen LogP contribution in [0.1, 0.15) is 10.4 Å². The molecule has 1 aromatic carbocycles. The Kier molecular flexibility index (Phi) is 5.00. The lowest BCUT2D eigenvalue weighted by atomic mass is 10.2. The summed E-state index contributed by atoms with van der Waals surface area (Å²) in [5.41, 5.74) is 0.236. The van der Waals surface area contributed by atoms with Crippen molar-refractivity contribution in [1.29, 1.82) is 0 Å². The van der Waals surface area contributed by atoms with Gasteiger partial charge in [-0.25, -0.2) is 9.59 Å². The predicted octanol–water partition coefficient (Wildman–Crippen LogP) is 1.26. The maximum atomic E-state index is 12.2. The van der Waals surface area contributed by atoms with Crippen molar-refractivity contribution >= 4 is 29.3 Å². The largest absolute Gasteiger partial charge is 0.478 e. The lowest BCUT2D eigenvalue weighted by molar-refractivity contribution is -0.00485. The van der Waals surface area contributed by atoms with Crippen LogP contribution in [-0.4, -0.2) is 59.5 Å². The van der Waals surface area contributed by atoms with Gasteiger partial charge < -0.3 is 25.2 Å². The van der Waals surface area contributed by atoms with Gasteiger partial charge >= 0.3 is 12.0 Å². The van der Waals surface area contributed by atoms with Crippen LogP contribution in [0.15, 0.2) is 18.2 Å².